The van der Waals surface area contributed by atoms with E-state index in [1.807, 2.05) is 0 Å². The number of rotatable bonds is 3. The lowest BCUT2D eigenvalue weighted by molar-refractivity contribution is -0.135. The largest absolute Gasteiger partial charge is 0.481 e. The summed E-state index contributed by atoms with van der Waals surface area (Å²) in [4.78, 5) is 37.2. The number of carbonyl (C=O) groups excluding carboxylic acids is 2. The van der Waals surface area contributed by atoms with Crippen molar-refractivity contribution in [3.8, 4) is 0 Å². The molecule has 0 bridgehead atoms. The fraction of sp³-hybridized carbons (Fsp3) is 0.667. The van der Waals surface area contributed by atoms with Crippen LogP contribution in [0.4, 0.5) is 0 Å². The second-order valence-corrected chi connectivity index (χ2v) is 3.26. The standard InChI is InChI=1S/2C3H7NO.C2H8N2.2C2H4O2/c2*1-2-3(4)5;3-1-2-4;2*1-2(3)4/h2*2H2,1H3,(H2,4,5);1-4H2;2*1H3,(H,3,4). The van der Waals surface area contributed by atoms with Crippen LogP contribution in [-0.4, -0.2) is 47.1 Å². The molecule has 0 fully saturated rings. The molecule has 0 aliphatic rings. The van der Waals surface area contributed by atoms with Gasteiger partial charge in [0.1, 0.15) is 0 Å². The number of aliphatic carboxylic acids is 2. The number of nitrogens with two attached hydrogens (primary N) is 4. The molecule has 0 rings (SSSR count). The maximum absolute atomic E-state index is 9.59. The molecule has 10 N–H and O–H groups in total. The predicted molar refractivity (Wildman–Crippen MR) is 83.7 cm³/mol. The van der Waals surface area contributed by atoms with Gasteiger partial charge in [-0.1, -0.05) is 13.8 Å². The highest BCUT2D eigenvalue weighted by Gasteiger charge is 1.77. The molecule has 10 nitrogen and oxygen atoms in total. The normalized spacial score (nSPS) is 7.00. The molecule has 0 heterocycles. The minimum Gasteiger partial charge on any atom is -0.481 e. The molecule has 22 heavy (non-hydrogen) atoms. The van der Waals surface area contributed by atoms with Crippen LogP contribution in [-0.2, 0) is 19.2 Å². The lowest BCUT2D eigenvalue weighted by Crippen LogP contribution is -2.11. The summed E-state index contributed by atoms with van der Waals surface area (Å²) in [5.41, 5.74) is 19.1. The zero-order chi connectivity index (χ0) is 19.1. The Morgan fingerprint density at radius 3 is 0.818 bits per heavy atom. The molecule has 0 aromatic carbocycles. The van der Waals surface area contributed by atoms with E-state index >= 15 is 0 Å². The second kappa shape index (κ2) is 31.3. The molecule has 10 heteroatoms. The molecular formula is C12H30N4O6. The van der Waals surface area contributed by atoms with Gasteiger partial charge in [0.15, 0.2) is 0 Å². The van der Waals surface area contributed by atoms with Crippen molar-refractivity contribution in [2.75, 3.05) is 13.1 Å². The molecule has 0 unspecified atom stereocenters. The number of carboxylic acids is 2. The Morgan fingerprint density at radius 1 is 0.727 bits per heavy atom. The van der Waals surface area contributed by atoms with Gasteiger partial charge in [-0.25, -0.2) is 0 Å². The summed E-state index contributed by atoms with van der Waals surface area (Å²) < 4.78 is 0. The molecule has 0 spiro atoms. The van der Waals surface area contributed by atoms with Gasteiger partial charge in [-0.2, -0.15) is 0 Å². The van der Waals surface area contributed by atoms with Crippen molar-refractivity contribution in [2.24, 2.45) is 22.9 Å². The van der Waals surface area contributed by atoms with E-state index in [2.05, 4.69) is 11.5 Å². The average Bonchev–Trinajstić information content (AvgIpc) is 2.38. The van der Waals surface area contributed by atoms with E-state index in [0.29, 0.717) is 25.9 Å². The summed E-state index contributed by atoms with van der Waals surface area (Å²) >= 11 is 0. The third-order valence-corrected chi connectivity index (χ3v) is 0.864. The summed E-state index contributed by atoms with van der Waals surface area (Å²) in [6, 6.07) is 0. The first-order chi connectivity index (χ1) is 9.92. The molecule has 0 saturated heterocycles. The molecule has 0 atom stereocenters. The first-order valence-electron chi connectivity index (χ1n) is 6.28. The molecule has 0 aliphatic heterocycles. The third-order valence-electron chi connectivity index (χ3n) is 0.864. The highest BCUT2D eigenvalue weighted by molar-refractivity contribution is 5.73. The monoisotopic (exact) mass is 326 g/mol. The number of carboxylic acid groups (broad SMARTS) is 2. The third kappa shape index (κ3) is 641. The molecule has 0 aromatic heterocycles. The van der Waals surface area contributed by atoms with Gasteiger partial charge >= 0.3 is 0 Å². The Kier molecular flexibility index (Phi) is 45.4. The van der Waals surface area contributed by atoms with Gasteiger partial charge in [-0.05, 0) is 0 Å². The van der Waals surface area contributed by atoms with E-state index in [1.54, 1.807) is 13.8 Å². The molecule has 0 aliphatic carbocycles. The van der Waals surface area contributed by atoms with Crippen LogP contribution in [0.15, 0.2) is 0 Å². The number of hydrogen-bond donors (Lipinski definition) is 6. The first-order valence-corrected chi connectivity index (χ1v) is 6.28. The van der Waals surface area contributed by atoms with Crippen molar-refractivity contribution in [2.45, 2.75) is 40.5 Å². The lowest BCUT2D eigenvalue weighted by atomic mass is 10.5. The van der Waals surface area contributed by atoms with Crippen LogP contribution in [0, 0.1) is 0 Å². The van der Waals surface area contributed by atoms with Crippen molar-refractivity contribution >= 4 is 23.8 Å². The Hall–Kier alpha value is -2.20. The van der Waals surface area contributed by atoms with E-state index in [0.717, 1.165) is 13.8 Å². The van der Waals surface area contributed by atoms with Crippen molar-refractivity contribution in [3.63, 3.8) is 0 Å². The minimum absolute atomic E-state index is 0.245. The zero-order valence-corrected chi connectivity index (χ0v) is 13.7. The number of amides is 2. The van der Waals surface area contributed by atoms with Crippen molar-refractivity contribution in [1.82, 2.24) is 0 Å². The van der Waals surface area contributed by atoms with Gasteiger partial charge in [0.05, 0.1) is 0 Å². The fourth-order valence-electron chi connectivity index (χ4n) is 0. The van der Waals surface area contributed by atoms with Gasteiger partial charge in [0, 0.05) is 39.8 Å². The van der Waals surface area contributed by atoms with E-state index in [9.17, 15) is 9.59 Å². The van der Waals surface area contributed by atoms with Crippen LogP contribution in [0.3, 0.4) is 0 Å². The van der Waals surface area contributed by atoms with E-state index in [-0.39, 0.29) is 11.8 Å². The van der Waals surface area contributed by atoms with Crippen LogP contribution >= 0.6 is 0 Å². The zero-order valence-electron chi connectivity index (χ0n) is 13.7. The van der Waals surface area contributed by atoms with Gasteiger partial charge in [-0.15, -0.1) is 0 Å². The fourth-order valence-corrected chi connectivity index (χ4v) is 0. The van der Waals surface area contributed by atoms with Crippen molar-refractivity contribution in [1.29, 1.82) is 0 Å². The maximum atomic E-state index is 9.59. The van der Waals surface area contributed by atoms with Crippen LogP contribution in [0.2, 0.25) is 0 Å². The Bertz CT molecular complexity index is 249. The number of primary amides is 2. The second-order valence-electron chi connectivity index (χ2n) is 3.26. The van der Waals surface area contributed by atoms with Crippen molar-refractivity contribution in [3.05, 3.63) is 0 Å². The van der Waals surface area contributed by atoms with Crippen LogP contribution < -0.4 is 22.9 Å². The molecular weight excluding hydrogens is 296 g/mol. The smallest absolute Gasteiger partial charge is 0.300 e. The summed E-state index contributed by atoms with van der Waals surface area (Å²) in [6.07, 6.45) is 0.889. The van der Waals surface area contributed by atoms with Gasteiger partial charge in [0.25, 0.3) is 11.9 Å². The molecule has 2 amide bonds. The van der Waals surface area contributed by atoms with Crippen LogP contribution in [0.25, 0.3) is 0 Å². The van der Waals surface area contributed by atoms with Gasteiger partial charge < -0.3 is 33.1 Å². The lowest BCUT2D eigenvalue weighted by Gasteiger charge is -1.73. The van der Waals surface area contributed by atoms with Crippen LogP contribution in [0.1, 0.15) is 40.5 Å². The summed E-state index contributed by atoms with van der Waals surface area (Å²) in [7, 11) is 0. The Balaban J connectivity index is -0.0000000550. The highest BCUT2D eigenvalue weighted by Crippen LogP contribution is 1.63. The topological polar surface area (TPSA) is 213 Å². The molecule has 0 aromatic rings. The van der Waals surface area contributed by atoms with Gasteiger partial charge in [0.2, 0.25) is 11.8 Å². The van der Waals surface area contributed by atoms with E-state index < -0.39 is 11.9 Å². The summed E-state index contributed by atoms with van der Waals surface area (Å²) in [5.74, 6) is -2.16. The summed E-state index contributed by atoms with van der Waals surface area (Å²) in [5, 5.41) is 14.8. The molecule has 0 radical (unpaired) electrons. The predicted octanol–water partition coefficient (Wildman–Crippen LogP) is -1.15. The Labute approximate surface area is 130 Å². The molecule has 0 saturated carbocycles. The maximum Gasteiger partial charge on any atom is 0.300 e. The minimum atomic E-state index is -0.833. The quantitative estimate of drug-likeness (QED) is 0.371. The average molecular weight is 326 g/mol. The Morgan fingerprint density at radius 2 is 0.818 bits per heavy atom. The number of hydrogen-bond acceptors (Lipinski definition) is 6. The summed E-state index contributed by atoms with van der Waals surface area (Å²) in [6.45, 7) is 6.81. The molecule has 134 valence electrons. The van der Waals surface area contributed by atoms with Crippen LogP contribution in [0.5, 0.6) is 0 Å². The number of carbonyl (C=O) groups is 4. The van der Waals surface area contributed by atoms with E-state index in [1.165, 1.54) is 0 Å². The van der Waals surface area contributed by atoms with Crippen molar-refractivity contribution < 1.29 is 29.4 Å². The van der Waals surface area contributed by atoms with E-state index in [4.69, 9.17) is 31.3 Å². The van der Waals surface area contributed by atoms with Gasteiger partial charge in [-0.3, -0.25) is 19.2 Å². The highest BCUT2D eigenvalue weighted by atomic mass is 16.4. The SMILES string of the molecule is CC(=O)O.CC(=O)O.CCC(N)=O.CCC(N)=O.NCCN. The first kappa shape index (κ1) is 31.9.